The van der Waals surface area contributed by atoms with E-state index in [1.807, 2.05) is 12.1 Å². The van der Waals surface area contributed by atoms with Gasteiger partial charge in [0.05, 0.1) is 0 Å². The number of benzene rings is 1. The average Bonchev–Trinajstić information content (AvgIpc) is 2.38. The van der Waals surface area contributed by atoms with E-state index in [0.29, 0.717) is 6.42 Å². The summed E-state index contributed by atoms with van der Waals surface area (Å²) in [5.74, 6) is -0.741. The van der Waals surface area contributed by atoms with Crippen molar-refractivity contribution in [2.45, 2.75) is 19.3 Å². The zero-order valence-corrected chi connectivity index (χ0v) is 9.78. The molecule has 90 valence electrons. The first-order valence-electron chi connectivity index (χ1n) is 5.96. The lowest BCUT2D eigenvalue weighted by atomic mass is 9.98. The first-order valence-corrected chi connectivity index (χ1v) is 5.96. The quantitative estimate of drug-likeness (QED) is 0.834. The lowest BCUT2D eigenvalue weighted by Crippen LogP contribution is -2.19. The van der Waals surface area contributed by atoms with Crippen molar-refractivity contribution in [1.82, 2.24) is 5.32 Å². The fourth-order valence-electron chi connectivity index (χ4n) is 2.02. The molecular formula is C14H17NO2. The topological polar surface area (TPSA) is 49.3 Å². The summed E-state index contributed by atoms with van der Waals surface area (Å²) in [6, 6.07) is 8.24. The van der Waals surface area contributed by atoms with Gasteiger partial charge in [0.15, 0.2) is 0 Å². The van der Waals surface area contributed by atoms with Crippen molar-refractivity contribution in [3.05, 3.63) is 41.5 Å². The SMILES string of the molecule is O=C(O)CCc1ccc(C2=CCNCC2)cc1. The van der Waals surface area contributed by atoms with Crippen LogP contribution in [0.3, 0.4) is 0 Å². The van der Waals surface area contributed by atoms with Crippen LogP contribution in [-0.2, 0) is 11.2 Å². The second-order valence-electron chi connectivity index (χ2n) is 4.27. The molecule has 2 rings (SSSR count). The van der Waals surface area contributed by atoms with Gasteiger partial charge in [0, 0.05) is 13.0 Å². The Kier molecular flexibility index (Phi) is 3.94. The number of carboxylic acids is 1. The van der Waals surface area contributed by atoms with Crippen LogP contribution in [0.1, 0.15) is 24.0 Å². The maximum absolute atomic E-state index is 10.5. The lowest BCUT2D eigenvalue weighted by molar-refractivity contribution is -0.136. The van der Waals surface area contributed by atoms with Gasteiger partial charge in [-0.3, -0.25) is 4.79 Å². The average molecular weight is 231 g/mol. The van der Waals surface area contributed by atoms with E-state index < -0.39 is 5.97 Å². The Morgan fingerprint density at radius 3 is 2.65 bits per heavy atom. The second kappa shape index (κ2) is 5.64. The van der Waals surface area contributed by atoms with Crippen LogP contribution in [0, 0.1) is 0 Å². The first-order chi connectivity index (χ1) is 8.25. The van der Waals surface area contributed by atoms with Crippen molar-refractivity contribution in [1.29, 1.82) is 0 Å². The third kappa shape index (κ3) is 3.43. The number of hydrogen-bond acceptors (Lipinski definition) is 2. The van der Waals surface area contributed by atoms with E-state index in [2.05, 4.69) is 23.5 Å². The van der Waals surface area contributed by atoms with Crippen molar-refractivity contribution in [3.63, 3.8) is 0 Å². The standard InChI is InChI=1S/C14H17NO2/c16-14(17)6-3-11-1-4-12(5-2-11)13-7-9-15-10-8-13/h1-2,4-5,7,15H,3,6,8-10H2,(H,16,17). The lowest BCUT2D eigenvalue weighted by Gasteiger charge is -2.14. The van der Waals surface area contributed by atoms with Gasteiger partial charge in [-0.05, 0) is 36.1 Å². The van der Waals surface area contributed by atoms with Crippen LogP contribution < -0.4 is 5.32 Å². The molecular weight excluding hydrogens is 214 g/mol. The van der Waals surface area contributed by atoms with Crippen molar-refractivity contribution in [3.8, 4) is 0 Å². The maximum Gasteiger partial charge on any atom is 0.303 e. The largest absolute Gasteiger partial charge is 0.481 e. The molecule has 1 aliphatic heterocycles. The molecule has 17 heavy (non-hydrogen) atoms. The number of nitrogens with one attached hydrogen (secondary N) is 1. The monoisotopic (exact) mass is 231 g/mol. The van der Waals surface area contributed by atoms with Gasteiger partial charge in [-0.25, -0.2) is 0 Å². The van der Waals surface area contributed by atoms with Crippen molar-refractivity contribution < 1.29 is 9.90 Å². The fourth-order valence-corrected chi connectivity index (χ4v) is 2.02. The van der Waals surface area contributed by atoms with E-state index in [0.717, 1.165) is 25.1 Å². The summed E-state index contributed by atoms with van der Waals surface area (Å²) in [5, 5.41) is 11.9. The number of rotatable bonds is 4. The molecule has 0 unspecified atom stereocenters. The molecule has 0 amide bonds. The van der Waals surface area contributed by atoms with Gasteiger partial charge in [-0.15, -0.1) is 0 Å². The summed E-state index contributed by atoms with van der Waals surface area (Å²) in [6.45, 7) is 1.97. The third-order valence-corrected chi connectivity index (χ3v) is 3.02. The minimum absolute atomic E-state index is 0.200. The van der Waals surface area contributed by atoms with Gasteiger partial charge in [0.1, 0.15) is 0 Å². The summed E-state index contributed by atoms with van der Waals surface area (Å²) in [6.07, 6.45) is 4.09. The Labute approximate surface area is 101 Å². The first kappa shape index (κ1) is 11.9. The normalized spacial score (nSPS) is 15.4. The Morgan fingerprint density at radius 1 is 1.29 bits per heavy atom. The molecule has 0 spiro atoms. The Hall–Kier alpha value is -1.61. The predicted octanol–water partition coefficient (Wildman–Crippen LogP) is 2.08. The molecule has 0 bridgehead atoms. The number of aryl methyl sites for hydroxylation is 1. The van der Waals surface area contributed by atoms with E-state index in [-0.39, 0.29) is 6.42 Å². The van der Waals surface area contributed by atoms with Gasteiger partial charge in [-0.2, -0.15) is 0 Å². The van der Waals surface area contributed by atoms with Crippen LogP contribution in [0.5, 0.6) is 0 Å². The van der Waals surface area contributed by atoms with E-state index >= 15 is 0 Å². The molecule has 0 atom stereocenters. The van der Waals surface area contributed by atoms with E-state index in [1.54, 1.807) is 0 Å². The van der Waals surface area contributed by atoms with Gasteiger partial charge in [0.2, 0.25) is 0 Å². The number of carbonyl (C=O) groups is 1. The molecule has 3 heteroatoms. The van der Waals surface area contributed by atoms with Crippen LogP contribution >= 0.6 is 0 Å². The predicted molar refractivity (Wildman–Crippen MR) is 67.9 cm³/mol. The molecule has 2 N–H and O–H groups in total. The van der Waals surface area contributed by atoms with Crippen molar-refractivity contribution in [2.75, 3.05) is 13.1 Å². The number of carboxylic acid groups (broad SMARTS) is 1. The second-order valence-corrected chi connectivity index (χ2v) is 4.27. The molecule has 1 aromatic rings. The molecule has 0 fully saturated rings. The van der Waals surface area contributed by atoms with E-state index in [1.165, 1.54) is 11.1 Å². The maximum atomic E-state index is 10.5. The molecule has 0 aromatic heterocycles. The Morgan fingerprint density at radius 2 is 2.06 bits per heavy atom. The Balaban J connectivity index is 2.02. The molecule has 1 heterocycles. The minimum Gasteiger partial charge on any atom is -0.481 e. The van der Waals surface area contributed by atoms with Crippen LogP contribution in [-0.4, -0.2) is 24.2 Å². The van der Waals surface area contributed by atoms with Crippen molar-refractivity contribution >= 4 is 11.5 Å². The molecule has 0 saturated heterocycles. The molecule has 0 aliphatic carbocycles. The molecule has 0 saturated carbocycles. The van der Waals surface area contributed by atoms with Gasteiger partial charge < -0.3 is 10.4 Å². The zero-order valence-electron chi connectivity index (χ0n) is 9.78. The molecule has 1 aliphatic rings. The highest BCUT2D eigenvalue weighted by molar-refractivity contribution is 5.68. The van der Waals surface area contributed by atoms with Crippen LogP contribution in [0.15, 0.2) is 30.3 Å². The van der Waals surface area contributed by atoms with Crippen LogP contribution in [0.25, 0.3) is 5.57 Å². The Bertz CT molecular complexity index is 420. The van der Waals surface area contributed by atoms with E-state index in [9.17, 15) is 4.79 Å². The molecule has 1 aromatic carbocycles. The highest BCUT2D eigenvalue weighted by Crippen LogP contribution is 2.20. The minimum atomic E-state index is -0.741. The van der Waals surface area contributed by atoms with Gasteiger partial charge >= 0.3 is 5.97 Å². The summed E-state index contributed by atoms with van der Waals surface area (Å²) in [7, 11) is 0. The smallest absolute Gasteiger partial charge is 0.303 e. The summed E-state index contributed by atoms with van der Waals surface area (Å²) < 4.78 is 0. The molecule has 3 nitrogen and oxygen atoms in total. The third-order valence-electron chi connectivity index (χ3n) is 3.02. The summed E-state index contributed by atoms with van der Waals surface area (Å²) in [5.41, 5.74) is 3.73. The number of aliphatic carboxylic acids is 1. The van der Waals surface area contributed by atoms with Crippen LogP contribution in [0.2, 0.25) is 0 Å². The van der Waals surface area contributed by atoms with Crippen molar-refractivity contribution in [2.24, 2.45) is 0 Å². The highest BCUT2D eigenvalue weighted by atomic mass is 16.4. The van der Waals surface area contributed by atoms with Crippen LogP contribution in [0.4, 0.5) is 0 Å². The summed E-state index contributed by atoms with van der Waals surface area (Å²) >= 11 is 0. The fraction of sp³-hybridized carbons (Fsp3) is 0.357. The molecule has 0 radical (unpaired) electrons. The number of hydrogen-bond donors (Lipinski definition) is 2. The summed E-state index contributed by atoms with van der Waals surface area (Å²) in [4.78, 5) is 10.5. The van der Waals surface area contributed by atoms with E-state index in [4.69, 9.17) is 5.11 Å². The van der Waals surface area contributed by atoms with Gasteiger partial charge in [-0.1, -0.05) is 30.3 Å². The van der Waals surface area contributed by atoms with Gasteiger partial charge in [0.25, 0.3) is 0 Å². The highest BCUT2D eigenvalue weighted by Gasteiger charge is 2.05. The zero-order chi connectivity index (χ0) is 12.1.